The summed E-state index contributed by atoms with van der Waals surface area (Å²) in [7, 11) is 0. The average Bonchev–Trinajstić information content (AvgIpc) is 2.28. The molecule has 2 rings (SSSR count). The first kappa shape index (κ1) is 12.0. The van der Waals surface area contributed by atoms with E-state index in [1.165, 1.54) is 23.1 Å². The molecule has 0 bridgehead atoms. The van der Waals surface area contributed by atoms with E-state index in [0.29, 0.717) is 0 Å². The second kappa shape index (κ2) is 5.25. The average molecular weight is 255 g/mol. The van der Waals surface area contributed by atoms with Crippen LogP contribution in [0.15, 0.2) is 46.1 Å². The number of hydrogen-bond acceptors (Lipinski definition) is 0. The number of hydrogen-bond donors (Lipinski definition) is 0. The van der Waals surface area contributed by atoms with Gasteiger partial charge in [0.25, 0.3) is 0 Å². The molecule has 86 valence electrons. The summed E-state index contributed by atoms with van der Waals surface area (Å²) in [5.74, 6) is 0. The summed E-state index contributed by atoms with van der Waals surface area (Å²) in [6.45, 7) is 2.21. The zero-order valence-corrected chi connectivity index (χ0v) is 11.0. The van der Waals surface area contributed by atoms with E-state index >= 15 is 0 Å². The fourth-order valence-corrected chi connectivity index (χ4v) is 2.83. The van der Waals surface area contributed by atoms with Gasteiger partial charge >= 0.3 is 0 Å². The predicted molar refractivity (Wildman–Crippen MR) is 72.0 cm³/mol. The predicted octanol–water partition coefficient (Wildman–Crippen LogP) is 5.10. The smallest absolute Gasteiger partial charge is 0.0573 e. The summed E-state index contributed by atoms with van der Waals surface area (Å²) in [5.41, 5.74) is 4.23. The molecular weight excluding hydrogens is 239 g/mol. The Bertz CT molecular complexity index is 397. The molecule has 0 aromatic rings. The minimum atomic E-state index is 0.0463. The Morgan fingerprint density at radius 1 is 1.25 bits per heavy atom. The Morgan fingerprint density at radius 3 is 2.62 bits per heavy atom. The third kappa shape index (κ3) is 2.81. The first-order chi connectivity index (χ1) is 7.69. The molecule has 0 saturated heterocycles. The minimum Gasteiger partial charge on any atom is -0.118 e. The largest absolute Gasteiger partial charge is 0.118 e. The highest BCUT2D eigenvalue weighted by atomic mass is 35.5. The zero-order chi connectivity index (χ0) is 11.5. The number of rotatable bonds is 2. The van der Waals surface area contributed by atoms with Crippen LogP contribution in [0, 0.1) is 0 Å². The maximum absolute atomic E-state index is 6.14. The maximum atomic E-state index is 6.14. The Kier molecular flexibility index (Phi) is 3.94. The SMILES string of the molecule is CCC1=CC=C(C2=CC(Cl)=CC(Cl)C2)CC1. The molecule has 2 heteroatoms. The van der Waals surface area contributed by atoms with Crippen LogP contribution >= 0.6 is 23.2 Å². The van der Waals surface area contributed by atoms with E-state index in [4.69, 9.17) is 23.2 Å². The fourth-order valence-electron chi connectivity index (χ4n) is 2.18. The molecule has 2 aliphatic carbocycles. The molecule has 0 saturated carbocycles. The Balaban J connectivity index is 2.18. The fraction of sp³-hybridized carbons (Fsp3) is 0.429. The normalized spacial score (nSPS) is 25.6. The summed E-state index contributed by atoms with van der Waals surface area (Å²) in [4.78, 5) is 0. The van der Waals surface area contributed by atoms with Crippen LogP contribution in [0.4, 0.5) is 0 Å². The van der Waals surface area contributed by atoms with Crippen LogP contribution in [-0.4, -0.2) is 5.38 Å². The highest BCUT2D eigenvalue weighted by Gasteiger charge is 2.16. The highest BCUT2D eigenvalue weighted by molar-refractivity contribution is 6.32. The standard InChI is InChI=1S/C14H16Cl2/c1-2-10-3-5-11(6-4-10)12-7-13(15)9-14(16)8-12/h3,5,7,9,14H,2,4,6,8H2,1H3. The molecule has 0 spiro atoms. The molecule has 0 nitrogen and oxygen atoms in total. The van der Waals surface area contributed by atoms with Crippen molar-refractivity contribution in [1.29, 1.82) is 0 Å². The first-order valence-electron chi connectivity index (χ1n) is 5.80. The van der Waals surface area contributed by atoms with Gasteiger partial charge in [0.05, 0.1) is 5.38 Å². The Labute approximate surface area is 107 Å². The van der Waals surface area contributed by atoms with Crippen LogP contribution in [0.3, 0.4) is 0 Å². The van der Waals surface area contributed by atoms with Gasteiger partial charge in [-0.05, 0) is 49.0 Å². The highest BCUT2D eigenvalue weighted by Crippen LogP contribution is 2.33. The lowest BCUT2D eigenvalue weighted by molar-refractivity contribution is 0.839. The van der Waals surface area contributed by atoms with Gasteiger partial charge in [0.2, 0.25) is 0 Å². The van der Waals surface area contributed by atoms with E-state index < -0.39 is 0 Å². The van der Waals surface area contributed by atoms with Crippen molar-refractivity contribution < 1.29 is 0 Å². The van der Waals surface area contributed by atoms with Gasteiger partial charge in [0.15, 0.2) is 0 Å². The lowest BCUT2D eigenvalue weighted by atomic mass is 9.88. The first-order valence-corrected chi connectivity index (χ1v) is 6.61. The molecule has 0 heterocycles. The van der Waals surface area contributed by atoms with Gasteiger partial charge in [0.1, 0.15) is 0 Å². The maximum Gasteiger partial charge on any atom is 0.0573 e. The van der Waals surface area contributed by atoms with Crippen LogP contribution in [0.5, 0.6) is 0 Å². The molecule has 0 aromatic carbocycles. The van der Waals surface area contributed by atoms with Crippen molar-refractivity contribution in [1.82, 2.24) is 0 Å². The van der Waals surface area contributed by atoms with E-state index in [2.05, 4.69) is 25.2 Å². The monoisotopic (exact) mass is 254 g/mol. The van der Waals surface area contributed by atoms with Crippen molar-refractivity contribution in [2.75, 3.05) is 0 Å². The van der Waals surface area contributed by atoms with E-state index in [9.17, 15) is 0 Å². The second-order valence-electron chi connectivity index (χ2n) is 4.31. The van der Waals surface area contributed by atoms with Gasteiger partial charge in [-0.15, -0.1) is 11.6 Å². The third-order valence-electron chi connectivity index (χ3n) is 3.17. The van der Waals surface area contributed by atoms with Crippen LogP contribution < -0.4 is 0 Å². The number of alkyl halides is 1. The van der Waals surface area contributed by atoms with Crippen LogP contribution in [0.1, 0.15) is 32.6 Å². The summed E-state index contributed by atoms with van der Waals surface area (Å²) >= 11 is 12.2. The molecule has 1 unspecified atom stereocenters. The van der Waals surface area contributed by atoms with Crippen LogP contribution in [0.25, 0.3) is 0 Å². The van der Waals surface area contributed by atoms with Crippen molar-refractivity contribution in [3.63, 3.8) is 0 Å². The quantitative estimate of drug-likeness (QED) is 0.602. The van der Waals surface area contributed by atoms with Gasteiger partial charge in [0, 0.05) is 5.03 Å². The summed E-state index contributed by atoms with van der Waals surface area (Å²) in [6.07, 6.45) is 12.8. The molecular formula is C14H16Cl2. The van der Waals surface area contributed by atoms with E-state index in [1.807, 2.05) is 6.08 Å². The van der Waals surface area contributed by atoms with Crippen molar-refractivity contribution in [3.05, 3.63) is 46.1 Å². The van der Waals surface area contributed by atoms with Gasteiger partial charge in [-0.3, -0.25) is 0 Å². The van der Waals surface area contributed by atoms with E-state index in [0.717, 1.165) is 24.3 Å². The molecule has 16 heavy (non-hydrogen) atoms. The molecule has 0 amide bonds. The van der Waals surface area contributed by atoms with E-state index in [1.54, 1.807) is 0 Å². The Hall–Kier alpha value is -0.460. The summed E-state index contributed by atoms with van der Waals surface area (Å²) < 4.78 is 0. The van der Waals surface area contributed by atoms with Crippen molar-refractivity contribution >= 4 is 23.2 Å². The number of allylic oxidation sites excluding steroid dienone is 8. The number of halogens is 2. The minimum absolute atomic E-state index is 0.0463. The molecule has 0 N–H and O–H groups in total. The third-order valence-corrected chi connectivity index (χ3v) is 3.68. The summed E-state index contributed by atoms with van der Waals surface area (Å²) in [6, 6.07) is 0. The molecule has 0 aliphatic heterocycles. The van der Waals surface area contributed by atoms with Crippen LogP contribution in [0.2, 0.25) is 0 Å². The van der Waals surface area contributed by atoms with Gasteiger partial charge < -0.3 is 0 Å². The topological polar surface area (TPSA) is 0 Å². The Morgan fingerprint density at radius 2 is 2.06 bits per heavy atom. The molecule has 0 radical (unpaired) electrons. The second-order valence-corrected chi connectivity index (χ2v) is 5.31. The van der Waals surface area contributed by atoms with Gasteiger partial charge in [-0.2, -0.15) is 0 Å². The van der Waals surface area contributed by atoms with Crippen molar-refractivity contribution in [2.45, 2.75) is 38.0 Å². The van der Waals surface area contributed by atoms with Crippen molar-refractivity contribution in [3.8, 4) is 0 Å². The lowest BCUT2D eigenvalue weighted by Crippen LogP contribution is -2.06. The molecule has 0 fully saturated rings. The lowest BCUT2D eigenvalue weighted by Gasteiger charge is -2.20. The van der Waals surface area contributed by atoms with Gasteiger partial charge in [-0.1, -0.05) is 36.2 Å². The van der Waals surface area contributed by atoms with Crippen molar-refractivity contribution in [2.24, 2.45) is 0 Å². The molecule has 0 aromatic heterocycles. The molecule has 1 atom stereocenters. The van der Waals surface area contributed by atoms with E-state index in [-0.39, 0.29) is 5.38 Å². The van der Waals surface area contributed by atoms with Gasteiger partial charge in [-0.25, -0.2) is 0 Å². The van der Waals surface area contributed by atoms with Crippen LogP contribution in [-0.2, 0) is 0 Å². The molecule has 2 aliphatic rings. The summed E-state index contributed by atoms with van der Waals surface area (Å²) in [5, 5.41) is 0.817. The zero-order valence-electron chi connectivity index (χ0n) is 9.47.